The summed E-state index contributed by atoms with van der Waals surface area (Å²) in [6, 6.07) is 5.02. The Morgan fingerprint density at radius 2 is 2.32 bits per heavy atom. The fourth-order valence-electron chi connectivity index (χ4n) is 2.48. The zero-order chi connectivity index (χ0) is 15.5. The van der Waals surface area contributed by atoms with Gasteiger partial charge in [0.1, 0.15) is 18.0 Å². The predicted molar refractivity (Wildman–Crippen MR) is 81.7 cm³/mol. The van der Waals surface area contributed by atoms with Crippen molar-refractivity contribution in [2.24, 2.45) is 0 Å². The van der Waals surface area contributed by atoms with Gasteiger partial charge in [0.2, 0.25) is 5.91 Å². The van der Waals surface area contributed by atoms with Crippen LogP contribution in [0.4, 0.5) is 4.39 Å². The normalized spacial score (nSPS) is 14.8. The second-order valence-electron chi connectivity index (χ2n) is 4.98. The number of halogens is 2. The third-order valence-electron chi connectivity index (χ3n) is 3.69. The average Bonchev–Trinajstić information content (AvgIpc) is 3.08. The highest BCUT2D eigenvalue weighted by atomic mass is 35.5. The van der Waals surface area contributed by atoms with Crippen molar-refractivity contribution in [1.82, 2.24) is 20.1 Å². The number of H-pyrrole nitrogens is 1. The van der Waals surface area contributed by atoms with E-state index < -0.39 is 0 Å². The molecule has 0 bridgehead atoms. The molecule has 0 saturated carbocycles. The molecule has 114 valence electrons. The molecule has 0 unspecified atom stereocenters. The quantitative estimate of drug-likeness (QED) is 0.884. The molecule has 0 atom stereocenters. The molecule has 1 aliphatic rings. The van der Waals surface area contributed by atoms with Gasteiger partial charge in [0.25, 0.3) is 0 Å². The highest BCUT2D eigenvalue weighted by molar-refractivity contribution is 6.27. The van der Waals surface area contributed by atoms with E-state index in [9.17, 15) is 9.18 Å². The SMILES string of the molecule is O=C(CCl)N1CC=C(c2ccc(-c3ncn[nH]3)c(F)c2)CC1. The lowest BCUT2D eigenvalue weighted by Gasteiger charge is -2.26. The van der Waals surface area contributed by atoms with Crippen LogP contribution in [-0.4, -0.2) is 45.0 Å². The fraction of sp³-hybridized carbons (Fsp3) is 0.267. The van der Waals surface area contributed by atoms with Crippen molar-refractivity contribution >= 4 is 23.1 Å². The molecular weight excluding hydrogens is 307 g/mol. The topological polar surface area (TPSA) is 61.9 Å². The van der Waals surface area contributed by atoms with Gasteiger partial charge in [0.15, 0.2) is 5.82 Å². The van der Waals surface area contributed by atoms with Gasteiger partial charge >= 0.3 is 0 Å². The summed E-state index contributed by atoms with van der Waals surface area (Å²) in [6.45, 7) is 1.11. The first-order valence-corrected chi connectivity index (χ1v) is 7.41. The van der Waals surface area contributed by atoms with Crippen molar-refractivity contribution < 1.29 is 9.18 Å². The number of rotatable bonds is 3. The van der Waals surface area contributed by atoms with Gasteiger partial charge < -0.3 is 4.90 Å². The fourth-order valence-corrected chi connectivity index (χ4v) is 2.65. The van der Waals surface area contributed by atoms with Crippen LogP contribution in [0, 0.1) is 5.82 Å². The number of hydrogen-bond acceptors (Lipinski definition) is 3. The Balaban J connectivity index is 1.81. The Labute approximate surface area is 131 Å². The zero-order valence-electron chi connectivity index (χ0n) is 11.7. The third kappa shape index (κ3) is 2.87. The number of carbonyl (C=O) groups is 1. The minimum Gasteiger partial charge on any atom is -0.338 e. The Kier molecular flexibility index (Phi) is 4.20. The molecule has 2 aromatic rings. The molecule has 7 heteroatoms. The number of aromatic nitrogens is 3. The molecule has 0 saturated heterocycles. The van der Waals surface area contributed by atoms with Gasteiger partial charge in [-0.15, -0.1) is 11.6 Å². The van der Waals surface area contributed by atoms with E-state index in [2.05, 4.69) is 15.2 Å². The average molecular weight is 321 g/mol. The molecule has 0 fully saturated rings. The van der Waals surface area contributed by atoms with Crippen LogP contribution in [0.1, 0.15) is 12.0 Å². The van der Waals surface area contributed by atoms with E-state index in [1.807, 2.05) is 12.1 Å². The number of alkyl halides is 1. The van der Waals surface area contributed by atoms with E-state index in [0.29, 0.717) is 30.9 Å². The first kappa shape index (κ1) is 14.7. The minimum absolute atomic E-state index is 0.0102. The molecule has 5 nitrogen and oxygen atoms in total. The van der Waals surface area contributed by atoms with Gasteiger partial charge in [-0.2, -0.15) is 5.10 Å². The first-order valence-electron chi connectivity index (χ1n) is 6.87. The molecule has 0 aliphatic carbocycles. The summed E-state index contributed by atoms with van der Waals surface area (Å²) in [6.07, 6.45) is 3.97. The van der Waals surface area contributed by atoms with Crippen molar-refractivity contribution in [2.75, 3.05) is 19.0 Å². The molecule has 1 aromatic carbocycles. The van der Waals surface area contributed by atoms with E-state index in [1.165, 1.54) is 12.4 Å². The first-order chi connectivity index (χ1) is 10.7. The van der Waals surface area contributed by atoms with Crippen molar-refractivity contribution in [2.45, 2.75) is 6.42 Å². The highest BCUT2D eigenvalue weighted by Gasteiger charge is 2.18. The number of carbonyl (C=O) groups excluding carboxylic acids is 1. The van der Waals surface area contributed by atoms with E-state index in [-0.39, 0.29) is 17.6 Å². The largest absolute Gasteiger partial charge is 0.338 e. The maximum Gasteiger partial charge on any atom is 0.237 e. The third-order valence-corrected chi connectivity index (χ3v) is 3.91. The standard InChI is InChI=1S/C15H14ClFN4O/c16-8-14(22)21-5-3-10(4-6-21)11-1-2-12(13(17)7-11)15-18-9-19-20-15/h1-3,7,9H,4-6,8H2,(H,18,19,20). The molecule has 0 radical (unpaired) electrons. The minimum atomic E-state index is -0.352. The van der Waals surface area contributed by atoms with Crippen LogP contribution in [0.15, 0.2) is 30.6 Å². The van der Waals surface area contributed by atoms with Gasteiger partial charge in [-0.1, -0.05) is 12.1 Å². The predicted octanol–water partition coefficient (Wildman–Crippen LogP) is 2.47. The van der Waals surface area contributed by atoms with Crippen LogP contribution < -0.4 is 0 Å². The molecule has 1 amide bonds. The van der Waals surface area contributed by atoms with Crippen molar-refractivity contribution in [3.8, 4) is 11.4 Å². The molecule has 3 rings (SSSR count). The van der Waals surface area contributed by atoms with Crippen LogP contribution >= 0.6 is 11.6 Å². The van der Waals surface area contributed by atoms with Gasteiger partial charge in [-0.05, 0) is 29.7 Å². The summed E-state index contributed by atoms with van der Waals surface area (Å²) >= 11 is 5.55. The van der Waals surface area contributed by atoms with Gasteiger partial charge in [-0.25, -0.2) is 9.37 Å². The van der Waals surface area contributed by atoms with Crippen LogP contribution in [0.25, 0.3) is 17.0 Å². The number of aromatic amines is 1. The second kappa shape index (κ2) is 6.27. The molecule has 1 aromatic heterocycles. The Bertz CT molecular complexity index is 714. The van der Waals surface area contributed by atoms with Crippen LogP contribution in [0.2, 0.25) is 0 Å². The van der Waals surface area contributed by atoms with Crippen molar-refractivity contribution in [3.63, 3.8) is 0 Å². The smallest absolute Gasteiger partial charge is 0.237 e. The Morgan fingerprint density at radius 3 is 2.91 bits per heavy atom. The summed E-state index contributed by atoms with van der Waals surface area (Å²) in [4.78, 5) is 17.2. The molecule has 0 spiro atoms. The molecular formula is C15H14ClFN4O. The van der Waals surface area contributed by atoms with E-state index in [1.54, 1.807) is 11.0 Å². The van der Waals surface area contributed by atoms with E-state index >= 15 is 0 Å². The zero-order valence-corrected chi connectivity index (χ0v) is 12.5. The summed E-state index contributed by atoms with van der Waals surface area (Å²) < 4.78 is 14.2. The highest BCUT2D eigenvalue weighted by Crippen LogP contribution is 2.27. The number of nitrogens with one attached hydrogen (secondary N) is 1. The van der Waals surface area contributed by atoms with Gasteiger partial charge in [0.05, 0.1) is 5.56 Å². The number of amides is 1. The summed E-state index contributed by atoms with van der Waals surface area (Å²) in [5, 5.41) is 6.37. The molecule has 1 N–H and O–H groups in total. The lowest BCUT2D eigenvalue weighted by Crippen LogP contribution is -2.35. The maximum atomic E-state index is 14.2. The lowest BCUT2D eigenvalue weighted by atomic mass is 9.98. The summed E-state index contributed by atoms with van der Waals surface area (Å²) in [5.41, 5.74) is 2.23. The van der Waals surface area contributed by atoms with Gasteiger partial charge in [-0.3, -0.25) is 9.89 Å². The summed E-state index contributed by atoms with van der Waals surface area (Å²) in [7, 11) is 0. The molecule has 2 heterocycles. The Hall–Kier alpha value is -2.21. The van der Waals surface area contributed by atoms with Crippen LogP contribution in [-0.2, 0) is 4.79 Å². The second-order valence-corrected chi connectivity index (χ2v) is 5.25. The lowest BCUT2D eigenvalue weighted by molar-refractivity contribution is -0.128. The Morgan fingerprint density at radius 1 is 1.45 bits per heavy atom. The number of hydrogen-bond donors (Lipinski definition) is 1. The van der Waals surface area contributed by atoms with Crippen molar-refractivity contribution in [1.29, 1.82) is 0 Å². The number of benzene rings is 1. The van der Waals surface area contributed by atoms with E-state index in [4.69, 9.17) is 11.6 Å². The summed E-state index contributed by atoms with van der Waals surface area (Å²) in [5.74, 6) is -0.0391. The number of nitrogens with zero attached hydrogens (tertiary/aromatic N) is 3. The maximum absolute atomic E-state index is 14.2. The molecule has 1 aliphatic heterocycles. The molecule has 22 heavy (non-hydrogen) atoms. The monoisotopic (exact) mass is 320 g/mol. The van der Waals surface area contributed by atoms with Gasteiger partial charge in [0, 0.05) is 13.1 Å². The van der Waals surface area contributed by atoms with Crippen molar-refractivity contribution in [3.05, 3.63) is 42.0 Å². The van der Waals surface area contributed by atoms with E-state index in [0.717, 1.165) is 11.1 Å². The van der Waals surface area contributed by atoms with Crippen LogP contribution in [0.3, 0.4) is 0 Å². The van der Waals surface area contributed by atoms with Crippen LogP contribution in [0.5, 0.6) is 0 Å².